The molecule has 23 heavy (non-hydrogen) atoms. The standard InChI is InChI=1S/C18H21FN2O2/c1-13(11-12-22)20-18(23)21-17(14-5-3-2-4-6-14)15-7-9-16(19)10-8-15/h2-10,13,17,22H,11-12H2,1H3,(H2,20,21,23)/t13-,17?/m1/s1. The highest BCUT2D eigenvalue weighted by Gasteiger charge is 2.17. The molecule has 0 radical (unpaired) electrons. The summed E-state index contributed by atoms with van der Waals surface area (Å²) in [6.07, 6.45) is 0.486. The first-order valence-electron chi connectivity index (χ1n) is 7.58. The molecular formula is C18H21FN2O2. The van der Waals surface area contributed by atoms with Gasteiger partial charge >= 0.3 is 6.03 Å². The zero-order chi connectivity index (χ0) is 16.7. The van der Waals surface area contributed by atoms with Gasteiger partial charge in [-0.1, -0.05) is 42.5 Å². The number of benzene rings is 2. The van der Waals surface area contributed by atoms with Crippen LogP contribution in [0.3, 0.4) is 0 Å². The van der Waals surface area contributed by atoms with E-state index in [1.54, 1.807) is 12.1 Å². The van der Waals surface area contributed by atoms with E-state index >= 15 is 0 Å². The molecule has 0 aliphatic heterocycles. The van der Waals surface area contributed by atoms with E-state index in [9.17, 15) is 9.18 Å². The summed E-state index contributed by atoms with van der Waals surface area (Å²) in [4.78, 5) is 12.2. The van der Waals surface area contributed by atoms with Gasteiger partial charge in [0.2, 0.25) is 0 Å². The van der Waals surface area contributed by atoms with Crippen molar-refractivity contribution in [3.8, 4) is 0 Å². The molecule has 5 heteroatoms. The summed E-state index contributed by atoms with van der Waals surface area (Å²) in [5.74, 6) is -0.318. The summed E-state index contributed by atoms with van der Waals surface area (Å²) in [5, 5.41) is 14.6. The van der Waals surface area contributed by atoms with Crippen molar-refractivity contribution >= 4 is 6.03 Å². The van der Waals surface area contributed by atoms with E-state index < -0.39 is 0 Å². The Kier molecular flexibility index (Phi) is 6.11. The number of carbonyl (C=O) groups excluding carboxylic acids is 1. The average Bonchev–Trinajstić information content (AvgIpc) is 2.54. The predicted molar refractivity (Wildman–Crippen MR) is 87.5 cm³/mol. The van der Waals surface area contributed by atoms with E-state index in [0.29, 0.717) is 6.42 Å². The van der Waals surface area contributed by atoms with Crippen molar-refractivity contribution in [1.29, 1.82) is 0 Å². The topological polar surface area (TPSA) is 61.4 Å². The molecule has 0 aliphatic carbocycles. The molecule has 2 aromatic rings. The number of hydrogen-bond acceptors (Lipinski definition) is 2. The Labute approximate surface area is 135 Å². The second-order valence-corrected chi connectivity index (χ2v) is 5.43. The molecule has 2 atom stereocenters. The molecule has 0 fully saturated rings. The predicted octanol–water partition coefficient (Wildman–Crippen LogP) is 2.99. The van der Waals surface area contributed by atoms with Crippen LogP contribution in [0, 0.1) is 5.82 Å². The molecule has 4 nitrogen and oxygen atoms in total. The Bertz CT molecular complexity index is 617. The lowest BCUT2D eigenvalue weighted by Crippen LogP contribution is -2.42. The Hall–Kier alpha value is -2.40. The average molecular weight is 316 g/mol. The van der Waals surface area contributed by atoms with Crippen molar-refractivity contribution in [3.63, 3.8) is 0 Å². The van der Waals surface area contributed by atoms with Gasteiger partial charge in [0.1, 0.15) is 5.82 Å². The van der Waals surface area contributed by atoms with Gasteiger partial charge in [0.15, 0.2) is 0 Å². The van der Waals surface area contributed by atoms with Gasteiger partial charge in [0.25, 0.3) is 0 Å². The molecule has 122 valence electrons. The third kappa shape index (κ3) is 5.07. The van der Waals surface area contributed by atoms with Gasteiger partial charge in [0, 0.05) is 12.6 Å². The number of aliphatic hydroxyl groups is 1. The number of carbonyl (C=O) groups is 1. The number of aliphatic hydroxyl groups excluding tert-OH is 1. The van der Waals surface area contributed by atoms with Gasteiger partial charge in [-0.3, -0.25) is 0 Å². The number of halogens is 1. The first kappa shape index (κ1) is 17.0. The molecule has 2 rings (SSSR count). The normalized spacial score (nSPS) is 13.2. The van der Waals surface area contributed by atoms with Crippen LogP contribution in [0.5, 0.6) is 0 Å². The number of hydrogen-bond donors (Lipinski definition) is 3. The van der Waals surface area contributed by atoms with E-state index in [1.165, 1.54) is 12.1 Å². The summed E-state index contributed by atoms with van der Waals surface area (Å²) in [6.45, 7) is 1.84. The number of rotatable bonds is 6. The molecule has 0 bridgehead atoms. The zero-order valence-electron chi connectivity index (χ0n) is 13.0. The van der Waals surface area contributed by atoms with Gasteiger partial charge in [-0.2, -0.15) is 0 Å². The van der Waals surface area contributed by atoms with Gasteiger partial charge in [-0.15, -0.1) is 0 Å². The lowest BCUT2D eigenvalue weighted by atomic mass is 9.99. The smallest absolute Gasteiger partial charge is 0.315 e. The fourth-order valence-corrected chi connectivity index (χ4v) is 2.32. The highest BCUT2D eigenvalue weighted by molar-refractivity contribution is 5.75. The molecule has 3 N–H and O–H groups in total. The number of amides is 2. The molecule has 0 aliphatic rings. The van der Waals surface area contributed by atoms with E-state index in [0.717, 1.165) is 11.1 Å². The highest BCUT2D eigenvalue weighted by Crippen LogP contribution is 2.22. The molecule has 0 heterocycles. The van der Waals surface area contributed by atoms with Crippen LogP contribution in [0.4, 0.5) is 9.18 Å². The second-order valence-electron chi connectivity index (χ2n) is 5.43. The van der Waals surface area contributed by atoms with E-state index in [2.05, 4.69) is 10.6 Å². The summed E-state index contributed by atoms with van der Waals surface area (Å²) < 4.78 is 13.1. The summed E-state index contributed by atoms with van der Waals surface area (Å²) >= 11 is 0. The van der Waals surface area contributed by atoms with E-state index in [4.69, 9.17) is 5.11 Å². The first-order valence-corrected chi connectivity index (χ1v) is 7.58. The van der Waals surface area contributed by atoms with Crippen LogP contribution >= 0.6 is 0 Å². The van der Waals surface area contributed by atoms with Crippen LogP contribution in [0.15, 0.2) is 54.6 Å². The molecule has 0 saturated carbocycles. The largest absolute Gasteiger partial charge is 0.396 e. The van der Waals surface area contributed by atoms with Crippen LogP contribution < -0.4 is 10.6 Å². The summed E-state index contributed by atoms with van der Waals surface area (Å²) in [5.41, 5.74) is 1.70. The van der Waals surface area contributed by atoms with Crippen LogP contribution in [0.2, 0.25) is 0 Å². The quantitative estimate of drug-likeness (QED) is 0.767. The number of nitrogens with one attached hydrogen (secondary N) is 2. The maximum absolute atomic E-state index is 13.1. The molecule has 2 amide bonds. The molecular weight excluding hydrogens is 295 g/mol. The first-order chi connectivity index (χ1) is 11.1. The fraction of sp³-hybridized carbons (Fsp3) is 0.278. The molecule has 0 saturated heterocycles. The van der Waals surface area contributed by atoms with Gasteiger partial charge in [-0.05, 0) is 36.6 Å². The van der Waals surface area contributed by atoms with Crippen molar-refractivity contribution in [1.82, 2.24) is 10.6 Å². The van der Waals surface area contributed by atoms with Crippen LogP contribution in [-0.4, -0.2) is 23.8 Å². The van der Waals surface area contributed by atoms with Crippen LogP contribution in [0.25, 0.3) is 0 Å². The lowest BCUT2D eigenvalue weighted by Gasteiger charge is -2.22. The van der Waals surface area contributed by atoms with Crippen molar-refractivity contribution < 1.29 is 14.3 Å². The second kappa shape index (κ2) is 8.29. The lowest BCUT2D eigenvalue weighted by molar-refractivity contribution is 0.229. The van der Waals surface area contributed by atoms with E-state index in [1.807, 2.05) is 37.3 Å². The molecule has 0 aromatic heterocycles. The van der Waals surface area contributed by atoms with Crippen molar-refractivity contribution in [2.24, 2.45) is 0 Å². The third-order valence-electron chi connectivity index (χ3n) is 3.55. The van der Waals surface area contributed by atoms with Crippen molar-refractivity contribution in [3.05, 3.63) is 71.5 Å². The maximum atomic E-state index is 13.1. The maximum Gasteiger partial charge on any atom is 0.315 e. The molecule has 0 spiro atoms. The monoisotopic (exact) mass is 316 g/mol. The minimum Gasteiger partial charge on any atom is -0.396 e. The Balaban J connectivity index is 2.17. The summed E-state index contributed by atoms with van der Waals surface area (Å²) in [7, 11) is 0. The van der Waals surface area contributed by atoms with Crippen LogP contribution in [0.1, 0.15) is 30.5 Å². The van der Waals surface area contributed by atoms with Gasteiger partial charge < -0.3 is 15.7 Å². The minimum atomic E-state index is -0.377. The Morgan fingerprint density at radius 3 is 2.26 bits per heavy atom. The molecule has 1 unspecified atom stereocenters. The van der Waals surface area contributed by atoms with Crippen molar-refractivity contribution in [2.75, 3.05) is 6.61 Å². The van der Waals surface area contributed by atoms with Crippen molar-refractivity contribution in [2.45, 2.75) is 25.4 Å². The van der Waals surface area contributed by atoms with Crippen LogP contribution in [-0.2, 0) is 0 Å². The SMILES string of the molecule is C[C@H](CCO)NC(=O)NC(c1ccccc1)c1ccc(F)cc1. The fourth-order valence-electron chi connectivity index (χ4n) is 2.32. The minimum absolute atomic E-state index is 0.0154. The van der Waals surface area contributed by atoms with Gasteiger partial charge in [-0.25, -0.2) is 9.18 Å². The zero-order valence-corrected chi connectivity index (χ0v) is 13.0. The number of urea groups is 1. The third-order valence-corrected chi connectivity index (χ3v) is 3.55. The van der Waals surface area contributed by atoms with E-state index in [-0.39, 0.29) is 30.5 Å². The van der Waals surface area contributed by atoms with Gasteiger partial charge in [0.05, 0.1) is 6.04 Å². The summed E-state index contributed by atoms with van der Waals surface area (Å²) in [6, 6.07) is 14.7. The molecule has 2 aromatic carbocycles. The Morgan fingerprint density at radius 1 is 1.04 bits per heavy atom. The Morgan fingerprint density at radius 2 is 1.65 bits per heavy atom. The highest BCUT2D eigenvalue weighted by atomic mass is 19.1.